The molecule has 0 heterocycles. The van der Waals surface area contributed by atoms with E-state index in [4.69, 9.17) is 21.6 Å². The average molecular weight is 196 g/mol. The van der Waals surface area contributed by atoms with Gasteiger partial charge in [-0.2, -0.15) is 5.26 Å². The van der Waals surface area contributed by atoms with Crippen molar-refractivity contribution in [2.24, 2.45) is 0 Å². The number of ether oxygens (including phenoxy) is 1. The second-order valence-corrected chi connectivity index (χ2v) is 2.89. The fraction of sp³-hybridized carbons (Fsp3) is 0.300. The number of rotatable bonds is 3. The van der Waals surface area contributed by atoms with Crippen molar-refractivity contribution in [2.45, 2.75) is 13.0 Å². The van der Waals surface area contributed by atoms with Crippen molar-refractivity contribution in [3.63, 3.8) is 0 Å². The molecule has 1 rings (SSSR count). The van der Waals surface area contributed by atoms with Crippen LogP contribution in [-0.4, -0.2) is 6.61 Å². The van der Waals surface area contributed by atoms with Crippen LogP contribution in [0.2, 0.25) is 5.02 Å². The molecule has 0 aliphatic heterocycles. The van der Waals surface area contributed by atoms with E-state index in [2.05, 4.69) is 6.07 Å². The zero-order valence-corrected chi connectivity index (χ0v) is 8.08. The largest absolute Gasteiger partial charge is 0.359 e. The van der Waals surface area contributed by atoms with Crippen LogP contribution in [0, 0.1) is 11.3 Å². The molecule has 0 aliphatic rings. The molecule has 13 heavy (non-hydrogen) atoms. The van der Waals surface area contributed by atoms with Crippen LogP contribution in [0.5, 0.6) is 0 Å². The van der Waals surface area contributed by atoms with Crippen molar-refractivity contribution >= 4 is 11.6 Å². The summed E-state index contributed by atoms with van der Waals surface area (Å²) in [5.74, 6) is 0. The van der Waals surface area contributed by atoms with Crippen molar-refractivity contribution in [3.8, 4) is 6.07 Å². The Morgan fingerprint density at radius 3 is 2.77 bits per heavy atom. The van der Waals surface area contributed by atoms with E-state index in [1.54, 1.807) is 12.1 Å². The lowest BCUT2D eigenvalue weighted by Crippen LogP contribution is -2.01. The molecule has 1 unspecified atom stereocenters. The Morgan fingerprint density at radius 2 is 2.23 bits per heavy atom. The minimum absolute atomic E-state index is 0.503. The Bertz CT molecular complexity index is 319. The number of hydrogen-bond acceptors (Lipinski definition) is 2. The van der Waals surface area contributed by atoms with Crippen LogP contribution in [0.25, 0.3) is 0 Å². The van der Waals surface area contributed by atoms with E-state index in [-0.39, 0.29) is 0 Å². The van der Waals surface area contributed by atoms with Crippen LogP contribution >= 0.6 is 11.6 Å². The molecule has 3 heteroatoms. The summed E-state index contributed by atoms with van der Waals surface area (Å²) < 4.78 is 5.21. The van der Waals surface area contributed by atoms with Crippen molar-refractivity contribution in [1.29, 1.82) is 5.26 Å². The lowest BCUT2D eigenvalue weighted by molar-refractivity contribution is 0.102. The molecule has 1 aromatic carbocycles. The lowest BCUT2D eigenvalue weighted by atomic mass is 10.1. The summed E-state index contributed by atoms with van der Waals surface area (Å²) in [7, 11) is 0. The normalized spacial score (nSPS) is 12.1. The van der Waals surface area contributed by atoms with Gasteiger partial charge in [-0.1, -0.05) is 29.8 Å². The number of hydrogen-bond donors (Lipinski definition) is 0. The zero-order chi connectivity index (χ0) is 9.68. The Morgan fingerprint density at radius 1 is 1.54 bits per heavy atom. The molecule has 2 nitrogen and oxygen atoms in total. The standard InChI is InChI=1S/C10H10ClNO/c1-2-13-10(7-12)8-5-3-4-6-9(8)11/h3-6,10H,2H2,1H3. The van der Waals surface area contributed by atoms with Gasteiger partial charge in [-0.05, 0) is 13.0 Å². The summed E-state index contributed by atoms with van der Waals surface area (Å²) in [5, 5.41) is 9.37. The van der Waals surface area contributed by atoms with Crippen LogP contribution in [0.4, 0.5) is 0 Å². The van der Waals surface area contributed by atoms with Gasteiger partial charge in [0.2, 0.25) is 0 Å². The lowest BCUT2D eigenvalue weighted by Gasteiger charge is -2.10. The van der Waals surface area contributed by atoms with E-state index in [0.717, 1.165) is 5.56 Å². The molecule has 0 saturated heterocycles. The van der Waals surface area contributed by atoms with E-state index in [1.165, 1.54) is 0 Å². The van der Waals surface area contributed by atoms with E-state index in [0.29, 0.717) is 11.6 Å². The molecule has 0 spiro atoms. The molecule has 1 atom stereocenters. The molecule has 0 aliphatic carbocycles. The summed E-state index contributed by atoms with van der Waals surface area (Å²) in [6.07, 6.45) is -0.557. The highest BCUT2D eigenvalue weighted by Gasteiger charge is 2.12. The molecule has 1 aromatic rings. The number of nitriles is 1. The third-order valence-electron chi connectivity index (χ3n) is 1.64. The first-order valence-electron chi connectivity index (χ1n) is 4.05. The summed E-state index contributed by atoms with van der Waals surface area (Å²) in [4.78, 5) is 0. The van der Waals surface area contributed by atoms with E-state index in [1.807, 2.05) is 19.1 Å². The van der Waals surface area contributed by atoms with E-state index >= 15 is 0 Å². The van der Waals surface area contributed by atoms with Crippen molar-refractivity contribution < 1.29 is 4.74 Å². The molecule has 0 aromatic heterocycles. The van der Waals surface area contributed by atoms with Gasteiger partial charge in [-0.15, -0.1) is 0 Å². The van der Waals surface area contributed by atoms with Gasteiger partial charge in [0.25, 0.3) is 0 Å². The quantitative estimate of drug-likeness (QED) is 0.743. The summed E-state index contributed by atoms with van der Waals surface area (Å²) in [5.41, 5.74) is 0.730. The third kappa shape index (κ3) is 2.45. The smallest absolute Gasteiger partial charge is 0.170 e. The van der Waals surface area contributed by atoms with Crippen LogP contribution in [0.15, 0.2) is 24.3 Å². The van der Waals surface area contributed by atoms with Gasteiger partial charge in [-0.25, -0.2) is 0 Å². The first-order valence-corrected chi connectivity index (χ1v) is 4.43. The molecule has 68 valence electrons. The Kier molecular flexibility index (Phi) is 3.75. The Hall–Kier alpha value is -1.04. The summed E-state index contributed by atoms with van der Waals surface area (Å²) in [6, 6.07) is 9.26. The molecular formula is C10H10ClNO. The fourth-order valence-corrected chi connectivity index (χ4v) is 1.29. The highest BCUT2D eigenvalue weighted by atomic mass is 35.5. The van der Waals surface area contributed by atoms with Crippen LogP contribution in [0.1, 0.15) is 18.6 Å². The van der Waals surface area contributed by atoms with Gasteiger partial charge >= 0.3 is 0 Å². The highest BCUT2D eigenvalue weighted by Crippen LogP contribution is 2.24. The summed E-state index contributed by atoms with van der Waals surface area (Å²) >= 11 is 5.90. The SMILES string of the molecule is CCOC(C#N)c1ccccc1Cl. The van der Waals surface area contributed by atoms with Crippen molar-refractivity contribution in [3.05, 3.63) is 34.9 Å². The topological polar surface area (TPSA) is 33.0 Å². The summed E-state index contributed by atoms with van der Waals surface area (Å²) in [6.45, 7) is 2.35. The minimum Gasteiger partial charge on any atom is -0.359 e. The molecule has 0 N–H and O–H groups in total. The fourth-order valence-electron chi connectivity index (χ4n) is 1.05. The van der Waals surface area contributed by atoms with Gasteiger partial charge in [-0.3, -0.25) is 0 Å². The van der Waals surface area contributed by atoms with Gasteiger partial charge < -0.3 is 4.74 Å². The average Bonchev–Trinajstić information content (AvgIpc) is 2.16. The number of benzene rings is 1. The number of halogens is 1. The van der Waals surface area contributed by atoms with Crippen LogP contribution < -0.4 is 0 Å². The monoisotopic (exact) mass is 195 g/mol. The predicted molar refractivity (Wildman–Crippen MR) is 51.4 cm³/mol. The molecule has 0 amide bonds. The highest BCUT2D eigenvalue weighted by molar-refractivity contribution is 6.31. The molecule has 0 bridgehead atoms. The Balaban J connectivity index is 2.92. The predicted octanol–water partition coefficient (Wildman–Crippen LogP) is 2.94. The van der Waals surface area contributed by atoms with Gasteiger partial charge in [0.1, 0.15) is 0 Å². The second-order valence-electron chi connectivity index (χ2n) is 2.49. The molecular weight excluding hydrogens is 186 g/mol. The number of nitrogens with zero attached hydrogens (tertiary/aromatic N) is 1. The first kappa shape index (κ1) is 10.0. The first-order chi connectivity index (χ1) is 6.29. The molecule has 0 saturated carbocycles. The zero-order valence-electron chi connectivity index (χ0n) is 7.33. The Labute approximate surface area is 82.7 Å². The minimum atomic E-state index is -0.557. The van der Waals surface area contributed by atoms with Crippen molar-refractivity contribution in [2.75, 3.05) is 6.61 Å². The maximum Gasteiger partial charge on any atom is 0.170 e. The maximum atomic E-state index is 8.80. The third-order valence-corrected chi connectivity index (χ3v) is 1.98. The second kappa shape index (κ2) is 4.86. The van der Waals surface area contributed by atoms with Crippen LogP contribution in [0.3, 0.4) is 0 Å². The van der Waals surface area contributed by atoms with Gasteiger partial charge in [0.05, 0.1) is 6.07 Å². The molecule has 0 radical (unpaired) electrons. The van der Waals surface area contributed by atoms with Gasteiger partial charge in [0, 0.05) is 17.2 Å². The maximum absolute atomic E-state index is 8.80. The van der Waals surface area contributed by atoms with E-state index in [9.17, 15) is 0 Å². The van der Waals surface area contributed by atoms with E-state index < -0.39 is 6.10 Å². The van der Waals surface area contributed by atoms with Crippen LogP contribution in [-0.2, 0) is 4.74 Å². The molecule has 0 fully saturated rings. The van der Waals surface area contributed by atoms with Crippen molar-refractivity contribution in [1.82, 2.24) is 0 Å². The van der Waals surface area contributed by atoms with Gasteiger partial charge in [0.15, 0.2) is 6.10 Å².